The van der Waals surface area contributed by atoms with Gasteiger partial charge in [-0.05, 0) is 42.5 Å². The summed E-state index contributed by atoms with van der Waals surface area (Å²) in [5.74, 6) is 0.639. The van der Waals surface area contributed by atoms with E-state index in [1.807, 2.05) is 5.38 Å². The van der Waals surface area contributed by atoms with Crippen LogP contribution in [0.2, 0.25) is 0 Å². The average molecular weight is 512 g/mol. The van der Waals surface area contributed by atoms with Gasteiger partial charge < -0.3 is 5.32 Å². The molecule has 0 saturated carbocycles. The summed E-state index contributed by atoms with van der Waals surface area (Å²) in [6.07, 6.45) is 0.993. The van der Waals surface area contributed by atoms with E-state index in [0.29, 0.717) is 30.6 Å². The number of hydrogen-bond donors (Lipinski definition) is 1. The van der Waals surface area contributed by atoms with Gasteiger partial charge in [-0.15, -0.1) is 11.3 Å². The Morgan fingerprint density at radius 3 is 2.11 bits per heavy atom. The minimum absolute atomic E-state index is 0.0884. The van der Waals surface area contributed by atoms with Gasteiger partial charge >= 0.3 is 0 Å². The van der Waals surface area contributed by atoms with Gasteiger partial charge in [0.05, 0.1) is 6.54 Å². The number of carbonyl (C=O) groups is 1. The van der Waals surface area contributed by atoms with Crippen molar-refractivity contribution in [1.82, 2.24) is 15.2 Å². The molecule has 0 bridgehead atoms. The normalized spacial score (nSPS) is 11.4. The molecule has 5 heteroatoms. The smallest absolute Gasteiger partial charge is 0.270 e. The summed E-state index contributed by atoms with van der Waals surface area (Å²) in [6.45, 7) is 9.43. The molecule has 0 aliphatic rings. The number of thiazole rings is 1. The Hall–Kier alpha value is -3.28. The number of carbonyl (C=O) groups excluding carboxylic acids is 1. The van der Waals surface area contributed by atoms with E-state index in [1.54, 1.807) is 11.3 Å². The van der Waals surface area contributed by atoms with Crippen molar-refractivity contribution >= 4 is 17.2 Å². The van der Waals surface area contributed by atoms with Gasteiger partial charge in [-0.2, -0.15) is 0 Å². The number of aryl methyl sites for hydroxylation is 1. The SMILES string of the molecule is Cc1ccc(CN(CCC(c2ccccc2)c2ccccc2)Cc2nc(C(=O)NCC(C)C)cs2)cc1. The van der Waals surface area contributed by atoms with Crippen LogP contribution >= 0.6 is 11.3 Å². The summed E-state index contributed by atoms with van der Waals surface area (Å²) in [6, 6.07) is 30.3. The first-order valence-electron chi connectivity index (χ1n) is 13.1. The van der Waals surface area contributed by atoms with Crippen molar-refractivity contribution in [3.05, 3.63) is 123 Å². The molecular formula is C32H37N3OS. The fraction of sp³-hybridized carbons (Fsp3) is 0.312. The van der Waals surface area contributed by atoms with Crippen LogP contribution in [0.25, 0.3) is 0 Å². The first-order chi connectivity index (χ1) is 18.0. The average Bonchev–Trinajstić information content (AvgIpc) is 3.38. The molecule has 192 valence electrons. The largest absolute Gasteiger partial charge is 0.350 e. The summed E-state index contributed by atoms with van der Waals surface area (Å²) in [5.41, 5.74) is 5.74. The minimum Gasteiger partial charge on any atom is -0.350 e. The van der Waals surface area contributed by atoms with E-state index in [2.05, 4.69) is 116 Å². The van der Waals surface area contributed by atoms with E-state index < -0.39 is 0 Å². The number of nitrogens with zero attached hydrogens (tertiary/aromatic N) is 2. The highest BCUT2D eigenvalue weighted by Gasteiger charge is 2.18. The zero-order chi connectivity index (χ0) is 26.0. The lowest BCUT2D eigenvalue weighted by molar-refractivity contribution is 0.0944. The summed E-state index contributed by atoms with van der Waals surface area (Å²) in [4.78, 5) is 19.7. The third-order valence-electron chi connectivity index (χ3n) is 6.48. The molecule has 0 atom stereocenters. The number of nitrogens with one attached hydrogen (secondary N) is 1. The van der Waals surface area contributed by atoms with Gasteiger partial charge in [-0.1, -0.05) is 104 Å². The molecule has 0 fully saturated rings. The number of rotatable bonds is 12. The molecule has 3 aromatic carbocycles. The van der Waals surface area contributed by atoms with Gasteiger partial charge in [0.2, 0.25) is 0 Å². The highest BCUT2D eigenvalue weighted by molar-refractivity contribution is 7.09. The van der Waals surface area contributed by atoms with Crippen molar-refractivity contribution in [3.63, 3.8) is 0 Å². The summed E-state index contributed by atoms with van der Waals surface area (Å²) >= 11 is 1.57. The fourth-order valence-electron chi connectivity index (χ4n) is 4.44. The predicted octanol–water partition coefficient (Wildman–Crippen LogP) is 7.06. The van der Waals surface area contributed by atoms with Gasteiger partial charge in [-0.25, -0.2) is 4.98 Å². The molecule has 4 aromatic rings. The Labute approximate surface area is 225 Å². The van der Waals surface area contributed by atoms with Crippen molar-refractivity contribution in [2.75, 3.05) is 13.1 Å². The molecule has 37 heavy (non-hydrogen) atoms. The second kappa shape index (κ2) is 13.3. The molecule has 1 amide bonds. The zero-order valence-electron chi connectivity index (χ0n) is 22.1. The van der Waals surface area contributed by atoms with Gasteiger partial charge in [0.1, 0.15) is 10.7 Å². The first-order valence-corrected chi connectivity index (χ1v) is 14.0. The molecule has 4 nitrogen and oxygen atoms in total. The van der Waals surface area contributed by atoms with E-state index in [-0.39, 0.29) is 5.91 Å². The van der Waals surface area contributed by atoms with Crippen LogP contribution in [-0.2, 0) is 13.1 Å². The van der Waals surface area contributed by atoms with Crippen LogP contribution in [0.5, 0.6) is 0 Å². The molecule has 1 heterocycles. The van der Waals surface area contributed by atoms with Crippen LogP contribution in [0.15, 0.2) is 90.3 Å². The minimum atomic E-state index is -0.0884. The third kappa shape index (κ3) is 8.11. The van der Waals surface area contributed by atoms with Crippen molar-refractivity contribution in [3.8, 4) is 0 Å². The maximum Gasteiger partial charge on any atom is 0.270 e. The Kier molecular flexibility index (Phi) is 9.64. The van der Waals surface area contributed by atoms with Gasteiger partial charge in [0.15, 0.2) is 0 Å². The van der Waals surface area contributed by atoms with E-state index in [4.69, 9.17) is 4.98 Å². The molecule has 0 spiro atoms. The second-order valence-corrected chi connectivity index (χ2v) is 11.0. The maximum atomic E-state index is 12.5. The van der Waals surface area contributed by atoms with Crippen molar-refractivity contribution < 1.29 is 4.79 Å². The van der Waals surface area contributed by atoms with Gasteiger partial charge in [0, 0.05) is 24.4 Å². The molecule has 1 N–H and O–H groups in total. The number of hydrogen-bond acceptors (Lipinski definition) is 4. The lowest BCUT2D eigenvalue weighted by Gasteiger charge is -2.25. The maximum absolute atomic E-state index is 12.5. The van der Waals surface area contributed by atoms with Crippen molar-refractivity contribution in [2.24, 2.45) is 5.92 Å². The van der Waals surface area contributed by atoms with Crippen LogP contribution in [0.4, 0.5) is 0 Å². The standard InChI is InChI=1S/C32H37N3OS/c1-24(2)20-33-32(36)30-23-37-31(34-30)22-35(21-26-16-14-25(3)15-17-26)19-18-29(27-10-6-4-7-11-27)28-12-8-5-9-13-28/h4-17,23-24,29H,18-22H2,1-3H3,(H,33,36). The molecule has 4 rings (SSSR count). The highest BCUT2D eigenvalue weighted by atomic mass is 32.1. The first kappa shape index (κ1) is 26.8. The quantitative estimate of drug-likeness (QED) is 0.221. The van der Waals surface area contributed by atoms with Gasteiger partial charge in [-0.3, -0.25) is 9.69 Å². The molecule has 0 aliphatic heterocycles. The number of amides is 1. The van der Waals surface area contributed by atoms with Crippen LogP contribution in [0.3, 0.4) is 0 Å². The van der Waals surface area contributed by atoms with Crippen LogP contribution < -0.4 is 5.32 Å². The van der Waals surface area contributed by atoms with Crippen LogP contribution in [0, 0.1) is 12.8 Å². The van der Waals surface area contributed by atoms with Gasteiger partial charge in [0.25, 0.3) is 5.91 Å². The molecule has 0 saturated heterocycles. The Balaban J connectivity index is 1.51. The Bertz CT molecular complexity index is 1200. The van der Waals surface area contributed by atoms with E-state index in [1.165, 1.54) is 22.3 Å². The fourth-order valence-corrected chi connectivity index (χ4v) is 5.26. The molecule has 0 unspecified atom stereocenters. The summed E-state index contributed by atoms with van der Waals surface area (Å²) < 4.78 is 0. The molecule has 0 aliphatic carbocycles. The van der Waals surface area contributed by atoms with Crippen molar-refractivity contribution in [2.45, 2.75) is 46.2 Å². The van der Waals surface area contributed by atoms with Crippen molar-refractivity contribution in [1.29, 1.82) is 0 Å². The molecular weight excluding hydrogens is 474 g/mol. The Morgan fingerprint density at radius 2 is 1.51 bits per heavy atom. The lowest BCUT2D eigenvalue weighted by Crippen LogP contribution is -2.28. The molecule has 1 aromatic heterocycles. The molecule has 0 radical (unpaired) electrons. The monoisotopic (exact) mass is 511 g/mol. The topological polar surface area (TPSA) is 45.2 Å². The Morgan fingerprint density at radius 1 is 0.892 bits per heavy atom. The van der Waals surface area contributed by atoms with Crippen LogP contribution in [-0.4, -0.2) is 28.9 Å². The second-order valence-electron chi connectivity index (χ2n) is 10.1. The van der Waals surface area contributed by atoms with E-state index in [0.717, 1.165) is 24.5 Å². The third-order valence-corrected chi connectivity index (χ3v) is 7.31. The summed E-state index contributed by atoms with van der Waals surface area (Å²) in [5, 5.41) is 5.83. The predicted molar refractivity (Wildman–Crippen MR) is 154 cm³/mol. The highest BCUT2D eigenvalue weighted by Crippen LogP contribution is 2.29. The zero-order valence-corrected chi connectivity index (χ0v) is 22.9. The summed E-state index contributed by atoms with van der Waals surface area (Å²) in [7, 11) is 0. The number of benzene rings is 3. The van der Waals surface area contributed by atoms with E-state index in [9.17, 15) is 4.79 Å². The lowest BCUT2D eigenvalue weighted by atomic mass is 9.88. The van der Waals surface area contributed by atoms with Crippen LogP contribution in [0.1, 0.15) is 63.9 Å². The van der Waals surface area contributed by atoms with E-state index >= 15 is 0 Å². The number of aromatic nitrogens is 1.